The smallest absolute Gasteiger partial charge is 0.244 e. The largest absolute Gasteiger partial charge is 0.354 e. The minimum atomic E-state index is -3.76. The number of nitrogens with one attached hydrogen (secondary N) is 1. The number of rotatable bonds is 11. The zero-order valence-electron chi connectivity index (χ0n) is 19.5. The summed E-state index contributed by atoms with van der Waals surface area (Å²) in [6, 6.07) is 15.5. The molecule has 0 radical (unpaired) electrons. The molecule has 1 unspecified atom stereocenters. The van der Waals surface area contributed by atoms with Gasteiger partial charge in [0.1, 0.15) is 12.6 Å². The molecule has 0 aromatic heterocycles. The molecule has 0 saturated heterocycles. The van der Waals surface area contributed by atoms with E-state index in [-0.39, 0.29) is 18.4 Å². The highest BCUT2D eigenvalue weighted by Gasteiger charge is 2.32. The molecule has 0 spiro atoms. The normalized spacial score (nSPS) is 12.3. The highest BCUT2D eigenvalue weighted by Crippen LogP contribution is 2.28. The number of benzene rings is 2. The molecule has 2 aromatic carbocycles. The fraction of sp³-hybridized carbons (Fsp3) is 0.417. The van der Waals surface area contributed by atoms with Crippen molar-refractivity contribution < 1.29 is 18.0 Å². The maximum Gasteiger partial charge on any atom is 0.244 e. The van der Waals surface area contributed by atoms with Gasteiger partial charge in [-0.15, -0.1) is 0 Å². The standard InChI is InChI=1S/C24H32BrN3O4S/c1-5-21(24(30)26-15-18(2)3)27(16-19-11-7-6-8-12-19)23(29)17-28(33(4,31)32)22-14-10-9-13-20(22)25/h6-14,18,21H,5,15-17H2,1-4H3,(H,26,30). The average molecular weight is 539 g/mol. The van der Waals surface area contributed by atoms with Gasteiger partial charge < -0.3 is 10.2 Å². The Kier molecular flexibility index (Phi) is 9.91. The number of nitrogens with zero attached hydrogens (tertiary/aromatic N) is 2. The Bertz CT molecular complexity index is 1040. The van der Waals surface area contributed by atoms with Gasteiger partial charge >= 0.3 is 0 Å². The predicted octanol–water partition coefficient (Wildman–Crippen LogP) is 3.79. The van der Waals surface area contributed by atoms with E-state index in [4.69, 9.17) is 0 Å². The monoisotopic (exact) mass is 537 g/mol. The molecule has 2 aromatic rings. The second-order valence-electron chi connectivity index (χ2n) is 8.29. The number of halogens is 1. The molecule has 2 rings (SSSR count). The van der Waals surface area contributed by atoms with Crippen molar-refractivity contribution in [2.24, 2.45) is 5.92 Å². The van der Waals surface area contributed by atoms with Gasteiger partial charge in [0.2, 0.25) is 21.8 Å². The Morgan fingerprint density at radius 1 is 1.03 bits per heavy atom. The van der Waals surface area contributed by atoms with Gasteiger partial charge in [0.25, 0.3) is 0 Å². The second kappa shape index (κ2) is 12.2. The number of carbonyl (C=O) groups is 2. The first-order chi connectivity index (χ1) is 15.5. The summed E-state index contributed by atoms with van der Waals surface area (Å²) in [6.07, 6.45) is 1.46. The Labute approximate surface area is 205 Å². The highest BCUT2D eigenvalue weighted by molar-refractivity contribution is 9.10. The minimum absolute atomic E-state index is 0.195. The molecule has 2 amide bonds. The summed E-state index contributed by atoms with van der Waals surface area (Å²) in [6.45, 7) is 6.11. The molecule has 1 atom stereocenters. The molecule has 0 heterocycles. The van der Waals surface area contributed by atoms with Crippen LogP contribution in [0.3, 0.4) is 0 Å². The van der Waals surface area contributed by atoms with Crippen LogP contribution < -0.4 is 9.62 Å². The van der Waals surface area contributed by atoms with Crippen molar-refractivity contribution in [1.82, 2.24) is 10.2 Å². The maximum atomic E-state index is 13.6. The molecule has 0 fully saturated rings. The van der Waals surface area contributed by atoms with Crippen LogP contribution in [0.4, 0.5) is 5.69 Å². The van der Waals surface area contributed by atoms with Gasteiger partial charge in [0.15, 0.2) is 0 Å². The summed E-state index contributed by atoms with van der Waals surface area (Å²) in [5.74, 6) is -0.435. The topological polar surface area (TPSA) is 86.8 Å². The van der Waals surface area contributed by atoms with Gasteiger partial charge in [-0.1, -0.05) is 63.2 Å². The SMILES string of the molecule is CCC(C(=O)NCC(C)C)N(Cc1ccccc1)C(=O)CN(c1ccccc1Br)S(C)(=O)=O. The van der Waals surface area contributed by atoms with Gasteiger partial charge in [0.05, 0.1) is 11.9 Å². The second-order valence-corrected chi connectivity index (χ2v) is 11.1. The van der Waals surface area contributed by atoms with E-state index in [2.05, 4.69) is 21.2 Å². The minimum Gasteiger partial charge on any atom is -0.354 e. The number of anilines is 1. The van der Waals surface area contributed by atoms with Crippen LogP contribution in [-0.2, 0) is 26.2 Å². The fourth-order valence-corrected chi connectivity index (χ4v) is 4.85. The van der Waals surface area contributed by atoms with Gasteiger partial charge in [-0.25, -0.2) is 8.42 Å². The van der Waals surface area contributed by atoms with Crippen LogP contribution in [0.5, 0.6) is 0 Å². The van der Waals surface area contributed by atoms with E-state index in [1.165, 1.54) is 4.90 Å². The number of para-hydroxylation sites is 1. The number of hydrogen-bond acceptors (Lipinski definition) is 4. The molecule has 0 aliphatic rings. The third-order valence-corrected chi connectivity index (χ3v) is 6.86. The molecule has 0 saturated carbocycles. The average Bonchev–Trinajstić information content (AvgIpc) is 2.76. The lowest BCUT2D eigenvalue weighted by molar-refractivity contribution is -0.140. The molecular formula is C24H32BrN3O4S. The van der Waals surface area contributed by atoms with Crippen molar-refractivity contribution in [2.75, 3.05) is 23.7 Å². The molecule has 0 aliphatic carbocycles. The van der Waals surface area contributed by atoms with Crippen LogP contribution in [-0.4, -0.2) is 50.5 Å². The third-order valence-electron chi connectivity index (χ3n) is 5.07. The van der Waals surface area contributed by atoms with Crippen molar-refractivity contribution >= 4 is 43.5 Å². The molecule has 180 valence electrons. The zero-order valence-corrected chi connectivity index (χ0v) is 21.9. The Morgan fingerprint density at radius 2 is 1.64 bits per heavy atom. The van der Waals surface area contributed by atoms with E-state index >= 15 is 0 Å². The van der Waals surface area contributed by atoms with Crippen molar-refractivity contribution in [3.05, 3.63) is 64.6 Å². The molecule has 1 N–H and O–H groups in total. The summed E-state index contributed by atoms with van der Waals surface area (Å²) in [4.78, 5) is 28.0. The molecule has 0 bridgehead atoms. The summed E-state index contributed by atoms with van der Waals surface area (Å²) < 4.78 is 26.8. The lowest BCUT2D eigenvalue weighted by Gasteiger charge is -2.33. The van der Waals surface area contributed by atoms with Crippen molar-refractivity contribution in [1.29, 1.82) is 0 Å². The number of carbonyl (C=O) groups excluding carboxylic acids is 2. The number of hydrogen-bond donors (Lipinski definition) is 1. The van der Waals surface area contributed by atoms with Crippen LogP contribution in [0.25, 0.3) is 0 Å². The number of sulfonamides is 1. The van der Waals surface area contributed by atoms with Crippen LogP contribution >= 0.6 is 15.9 Å². The summed E-state index contributed by atoms with van der Waals surface area (Å²) >= 11 is 3.37. The van der Waals surface area contributed by atoms with Gasteiger partial charge in [-0.2, -0.15) is 0 Å². The van der Waals surface area contributed by atoms with Crippen molar-refractivity contribution in [3.8, 4) is 0 Å². The van der Waals surface area contributed by atoms with Crippen molar-refractivity contribution in [3.63, 3.8) is 0 Å². The molecule has 33 heavy (non-hydrogen) atoms. The Hall–Kier alpha value is -2.39. The summed E-state index contributed by atoms with van der Waals surface area (Å²) in [5.41, 5.74) is 1.22. The summed E-state index contributed by atoms with van der Waals surface area (Å²) in [7, 11) is -3.76. The first-order valence-corrected chi connectivity index (χ1v) is 13.5. The molecule has 0 aliphatic heterocycles. The van der Waals surface area contributed by atoms with E-state index in [1.54, 1.807) is 24.3 Å². The molecular weight excluding hydrogens is 506 g/mol. The van der Waals surface area contributed by atoms with E-state index in [1.807, 2.05) is 51.1 Å². The highest BCUT2D eigenvalue weighted by atomic mass is 79.9. The predicted molar refractivity (Wildman–Crippen MR) is 135 cm³/mol. The Morgan fingerprint density at radius 3 is 2.18 bits per heavy atom. The number of amides is 2. The van der Waals surface area contributed by atoms with E-state index in [9.17, 15) is 18.0 Å². The maximum absolute atomic E-state index is 13.6. The molecule has 9 heteroatoms. The van der Waals surface area contributed by atoms with Crippen molar-refractivity contribution in [2.45, 2.75) is 39.8 Å². The van der Waals surface area contributed by atoms with E-state index in [0.29, 0.717) is 23.1 Å². The summed E-state index contributed by atoms with van der Waals surface area (Å²) in [5, 5.41) is 2.91. The first-order valence-electron chi connectivity index (χ1n) is 10.9. The van der Waals surface area contributed by atoms with Crippen LogP contribution in [0, 0.1) is 5.92 Å². The van der Waals surface area contributed by atoms with Gasteiger partial charge in [-0.3, -0.25) is 13.9 Å². The zero-order chi connectivity index (χ0) is 24.6. The first kappa shape index (κ1) is 26.9. The van der Waals surface area contributed by atoms with E-state index < -0.39 is 28.5 Å². The van der Waals surface area contributed by atoms with Crippen LogP contribution in [0.2, 0.25) is 0 Å². The quantitative estimate of drug-likeness (QED) is 0.472. The lowest BCUT2D eigenvalue weighted by atomic mass is 10.1. The lowest BCUT2D eigenvalue weighted by Crippen LogP contribution is -2.52. The van der Waals surface area contributed by atoms with Gasteiger partial charge in [-0.05, 0) is 46.0 Å². The Balaban J connectivity index is 2.40. The van der Waals surface area contributed by atoms with E-state index in [0.717, 1.165) is 16.1 Å². The van der Waals surface area contributed by atoms with Crippen LogP contribution in [0.15, 0.2) is 59.1 Å². The fourth-order valence-electron chi connectivity index (χ4n) is 3.37. The molecule has 7 nitrogen and oxygen atoms in total. The third kappa shape index (κ3) is 7.85. The van der Waals surface area contributed by atoms with Gasteiger partial charge in [0, 0.05) is 17.6 Å². The van der Waals surface area contributed by atoms with Crippen LogP contribution in [0.1, 0.15) is 32.8 Å².